The van der Waals surface area contributed by atoms with Crippen LogP contribution in [0.1, 0.15) is 54.4 Å². The first-order chi connectivity index (χ1) is 14.5. The standard InChI is InChI=1S/C25H37NO5/c1-16(9-10-18(3)13-14-26-21(6)27)7-8-17(2)11-12-22(28)15-23-19(4)24(29)20(5)25(30)31-23/h8-13,16,19,22-23,28-29H,7,14-15H2,1-6H3,(H,26,27)/b10-9+,12-11+,17-8+,18-13+. The van der Waals surface area contributed by atoms with E-state index in [4.69, 9.17) is 4.74 Å². The molecule has 0 radical (unpaired) electrons. The fourth-order valence-electron chi connectivity index (χ4n) is 3.04. The molecule has 1 rings (SSSR count). The van der Waals surface area contributed by atoms with Gasteiger partial charge >= 0.3 is 5.97 Å². The average molecular weight is 432 g/mol. The lowest BCUT2D eigenvalue weighted by atomic mass is 9.92. The third-order valence-electron chi connectivity index (χ3n) is 5.27. The first-order valence-electron chi connectivity index (χ1n) is 10.7. The van der Waals surface area contributed by atoms with Gasteiger partial charge in [0.15, 0.2) is 0 Å². The Morgan fingerprint density at radius 1 is 1.16 bits per heavy atom. The van der Waals surface area contributed by atoms with Gasteiger partial charge in [-0.2, -0.15) is 0 Å². The number of hydrogen-bond acceptors (Lipinski definition) is 5. The van der Waals surface area contributed by atoms with Gasteiger partial charge < -0.3 is 20.3 Å². The maximum Gasteiger partial charge on any atom is 0.337 e. The molecule has 1 aliphatic rings. The lowest BCUT2D eigenvalue weighted by molar-refractivity contribution is -0.151. The van der Waals surface area contributed by atoms with Crippen LogP contribution >= 0.6 is 0 Å². The van der Waals surface area contributed by atoms with Crippen molar-refractivity contribution in [1.82, 2.24) is 5.32 Å². The summed E-state index contributed by atoms with van der Waals surface area (Å²) in [5.74, 6) is -0.524. The van der Waals surface area contributed by atoms with Crippen molar-refractivity contribution in [2.45, 2.75) is 66.6 Å². The summed E-state index contributed by atoms with van der Waals surface area (Å²) < 4.78 is 5.32. The summed E-state index contributed by atoms with van der Waals surface area (Å²) in [6, 6.07) is 0. The molecule has 4 unspecified atom stereocenters. The number of rotatable bonds is 10. The Morgan fingerprint density at radius 2 is 1.77 bits per heavy atom. The summed E-state index contributed by atoms with van der Waals surface area (Å²) in [6.07, 6.45) is 11.6. The number of aliphatic hydroxyl groups excluding tert-OH is 2. The molecular weight excluding hydrogens is 394 g/mol. The van der Waals surface area contributed by atoms with Crippen LogP contribution in [0.5, 0.6) is 0 Å². The molecule has 0 aromatic carbocycles. The van der Waals surface area contributed by atoms with Crippen LogP contribution in [-0.2, 0) is 14.3 Å². The van der Waals surface area contributed by atoms with Gasteiger partial charge in [-0.15, -0.1) is 0 Å². The zero-order valence-corrected chi connectivity index (χ0v) is 19.5. The van der Waals surface area contributed by atoms with Gasteiger partial charge in [-0.3, -0.25) is 4.79 Å². The average Bonchev–Trinajstić information content (AvgIpc) is 2.71. The zero-order chi connectivity index (χ0) is 23.6. The van der Waals surface area contributed by atoms with Gasteiger partial charge in [0.05, 0.1) is 17.6 Å². The number of ether oxygens (including phenoxy) is 1. The van der Waals surface area contributed by atoms with E-state index in [2.05, 4.69) is 24.4 Å². The lowest BCUT2D eigenvalue weighted by Crippen LogP contribution is -2.35. The second kappa shape index (κ2) is 13.0. The lowest BCUT2D eigenvalue weighted by Gasteiger charge is -2.30. The first kappa shape index (κ1) is 26.4. The third-order valence-corrected chi connectivity index (χ3v) is 5.27. The normalized spacial score (nSPS) is 22.7. The fraction of sp³-hybridized carbons (Fsp3) is 0.520. The Balaban J connectivity index is 2.51. The van der Waals surface area contributed by atoms with Crippen molar-refractivity contribution in [3.8, 4) is 0 Å². The molecule has 0 aromatic heterocycles. The van der Waals surface area contributed by atoms with Gasteiger partial charge in [-0.25, -0.2) is 4.79 Å². The number of amides is 1. The van der Waals surface area contributed by atoms with Gasteiger partial charge in [0.2, 0.25) is 5.91 Å². The number of aliphatic hydroxyl groups is 2. The van der Waals surface area contributed by atoms with Crippen LogP contribution < -0.4 is 5.32 Å². The van der Waals surface area contributed by atoms with E-state index < -0.39 is 18.2 Å². The SMILES string of the molecule is CC(=O)NC/C=C(C)/C=C/C(C)C/C=C(C)/C=C/C(O)CC1OC(=O)C(C)=C(O)C1C. The molecule has 3 N–H and O–H groups in total. The molecule has 0 bridgehead atoms. The maximum atomic E-state index is 11.8. The molecule has 31 heavy (non-hydrogen) atoms. The fourth-order valence-corrected chi connectivity index (χ4v) is 3.04. The largest absolute Gasteiger partial charge is 0.511 e. The van der Waals surface area contributed by atoms with Crippen molar-refractivity contribution >= 4 is 11.9 Å². The zero-order valence-electron chi connectivity index (χ0n) is 19.5. The number of nitrogens with one attached hydrogen (secondary N) is 1. The van der Waals surface area contributed by atoms with Crippen LogP contribution in [0.25, 0.3) is 0 Å². The molecule has 0 aromatic rings. The summed E-state index contributed by atoms with van der Waals surface area (Å²) >= 11 is 0. The van der Waals surface area contributed by atoms with Crippen molar-refractivity contribution in [3.63, 3.8) is 0 Å². The van der Waals surface area contributed by atoms with E-state index in [1.54, 1.807) is 13.0 Å². The molecule has 6 nitrogen and oxygen atoms in total. The predicted molar refractivity (Wildman–Crippen MR) is 123 cm³/mol. The van der Waals surface area contributed by atoms with Crippen molar-refractivity contribution in [2.75, 3.05) is 6.54 Å². The third kappa shape index (κ3) is 9.83. The Hall–Kier alpha value is -2.60. The predicted octanol–water partition coefficient (Wildman–Crippen LogP) is 4.30. The minimum Gasteiger partial charge on any atom is -0.511 e. The van der Waals surface area contributed by atoms with Gasteiger partial charge in [-0.05, 0) is 33.1 Å². The second-order valence-electron chi connectivity index (χ2n) is 8.31. The molecule has 0 spiro atoms. The number of esters is 1. The smallest absolute Gasteiger partial charge is 0.337 e. The summed E-state index contributed by atoms with van der Waals surface area (Å²) in [7, 11) is 0. The van der Waals surface area contributed by atoms with Crippen molar-refractivity contribution < 1.29 is 24.5 Å². The first-order valence-corrected chi connectivity index (χ1v) is 10.7. The van der Waals surface area contributed by atoms with Crippen LogP contribution in [0, 0.1) is 11.8 Å². The quantitative estimate of drug-likeness (QED) is 0.354. The Bertz CT molecular complexity index is 788. The Labute approximate surface area is 186 Å². The van der Waals surface area contributed by atoms with Gasteiger partial charge in [0, 0.05) is 19.9 Å². The van der Waals surface area contributed by atoms with Crippen molar-refractivity contribution in [1.29, 1.82) is 0 Å². The summed E-state index contributed by atoms with van der Waals surface area (Å²) in [6.45, 7) is 11.4. The monoisotopic (exact) mass is 431 g/mol. The molecule has 0 saturated heterocycles. The van der Waals surface area contributed by atoms with Crippen molar-refractivity contribution in [3.05, 3.63) is 58.9 Å². The number of allylic oxidation sites excluding steroid dienone is 6. The van der Waals surface area contributed by atoms with E-state index in [1.165, 1.54) is 13.8 Å². The molecule has 0 fully saturated rings. The molecular formula is C25H37NO5. The minimum absolute atomic E-state index is 0.0377. The molecule has 1 amide bonds. The van der Waals surface area contributed by atoms with Crippen molar-refractivity contribution in [2.24, 2.45) is 11.8 Å². The highest BCUT2D eigenvalue weighted by molar-refractivity contribution is 5.89. The summed E-state index contributed by atoms with van der Waals surface area (Å²) in [5.41, 5.74) is 2.36. The molecule has 0 saturated carbocycles. The van der Waals surface area contributed by atoms with E-state index >= 15 is 0 Å². The maximum absolute atomic E-state index is 11.8. The van der Waals surface area contributed by atoms with Gasteiger partial charge in [-0.1, -0.05) is 61.4 Å². The van der Waals surface area contributed by atoms with Crippen LogP contribution in [0.2, 0.25) is 0 Å². The second-order valence-corrected chi connectivity index (χ2v) is 8.31. The number of carbonyl (C=O) groups is 2. The van der Waals surface area contributed by atoms with E-state index in [0.29, 0.717) is 12.5 Å². The molecule has 1 heterocycles. The highest BCUT2D eigenvalue weighted by Crippen LogP contribution is 2.28. The summed E-state index contributed by atoms with van der Waals surface area (Å²) in [4.78, 5) is 22.6. The van der Waals surface area contributed by atoms with E-state index in [1.807, 2.05) is 32.1 Å². The Morgan fingerprint density at radius 3 is 2.42 bits per heavy atom. The number of hydrogen-bond donors (Lipinski definition) is 3. The van der Waals surface area contributed by atoms with Gasteiger partial charge in [0.25, 0.3) is 0 Å². The number of cyclic esters (lactones) is 1. The highest BCUT2D eigenvalue weighted by atomic mass is 16.5. The van der Waals surface area contributed by atoms with Crippen LogP contribution in [0.15, 0.2) is 58.9 Å². The Kier molecular flexibility index (Phi) is 11.0. The minimum atomic E-state index is -0.775. The van der Waals surface area contributed by atoms with E-state index in [-0.39, 0.29) is 29.6 Å². The molecule has 4 atom stereocenters. The topological polar surface area (TPSA) is 95.9 Å². The molecule has 0 aliphatic carbocycles. The van der Waals surface area contributed by atoms with E-state index in [9.17, 15) is 19.8 Å². The molecule has 172 valence electrons. The highest BCUT2D eigenvalue weighted by Gasteiger charge is 2.34. The number of carbonyl (C=O) groups excluding carboxylic acids is 2. The van der Waals surface area contributed by atoms with Crippen LogP contribution in [-0.4, -0.2) is 40.8 Å². The molecule has 6 heteroatoms. The van der Waals surface area contributed by atoms with E-state index in [0.717, 1.165) is 17.6 Å². The van der Waals surface area contributed by atoms with Crippen LogP contribution in [0.4, 0.5) is 0 Å². The molecule has 1 aliphatic heterocycles. The van der Waals surface area contributed by atoms with Gasteiger partial charge in [0.1, 0.15) is 11.9 Å². The summed E-state index contributed by atoms with van der Waals surface area (Å²) in [5, 5.41) is 23.1. The van der Waals surface area contributed by atoms with Crippen LogP contribution in [0.3, 0.4) is 0 Å².